The quantitative estimate of drug-likeness (QED) is 0.204. The molecule has 0 spiro atoms. The van der Waals surface area contributed by atoms with Gasteiger partial charge in [-0.1, -0.05) is 60.7 Å². The molecule has 1 aliphatic rings. The predicted octanol–water partition coefficient (Wildman–Crippen LogP) is 10.8. The molecule has 0 atom stereocenters. The van der Waals surface area contributed by atoms with Gasteiger partial charge in [0.15, 0.2) is 0 Å². The number of rotatable bonds is 2. The van der Waals surface area contributed by atoms with Gasteiger partial charge in [0.2, 0.25) is 0 Å². The smallest absolute Gasteiger partial charge is 0.136 e. The number of hydrogen-bond acceptors (Lipinski definition) is 2. The van der Waals surface area contributed by atoms with Gasteiger partial charge < -0.3 is 13.4 Å². The molecule has 3 nitrogen and oxygen atoms in total. The van der Waals surface area contributed by atoms with Crippen LogP contribution in [-0.2, 0) is 6.42 Å². The van der Waals surface area contributed by atoms with Crippen LogP contribution in [0.4, 0.5) is 0 Å². The SMILES string of the molecule is Brc1c(-n2c3c(c4ccccc42)CCC=C3)ccc2oc3cccc(-c4ccc5oc6ccccc6c5c4)c3c12. The van der Waals surface area contributed by atoms with E-state index in [0.717, 1.165) is 78.0 Å². The summed E-state index contributed by atoms with van der Waals surface area (Å²) < 4.78 is 16.0. The van der Waals surface area contributed by atoms with Gasteiger partial charge in [-0.25, -0.2) is 0 Å². The number of hydrogen-bond donors (Lipinski definition) is 0. The van der Waals surface area contributed by atoms with E-state index in [1.54, 1.807) is 0 Å². The van der Waals surface area contributed by atoms with Crippen LogP contribution >= 0.6 is 15.9 Å². The van der Waals surface area contributed by atoms with Crippen molar-refractivity contribution < 1.29 is 8.83 Å². The monoisotopic (exact) mass is 579 g/mol. The zero-order valence-electron chi connectivity index (χ0n) is 21.4. The third kappa shape index (κ3) is 3.00. The molecule has 4 heteroatoms. The summed E-state index contributed by atoms with van der Waals surface area (Å²) in [5, 5.41) is 5.78. The number of fused-ring (bicyclic) bond motifs is 9. The van der Waals surface area contributed by atoms with Crippen molar-refractivity contribution in [1.82, 2.24) is 4.57 Å². The molecule has 0 saturated carbocycles. The van der Waals surface area contributed by atoms with Crippen molar-refractivity contribution >= 4 is 76.8 Å². The Hall–Kier alpha value is -4.54. The molecule has 8 aromatic rings. The normalized spacial score (nSPS) is 13.3. The number of aryl methyl sites for hydroxylation is 1. The van der Waals surface area contributed by atoms with Crippen molar-refractivity contribution in [2.24, 2.45) is 0 Å². The maximum Gasteiger partial charge on any atom is 0.136 e. The predicted molar refractivity (Wildman–Crippen MR) is 168 cm³/mol. The lowest BCUT2D eigenvalue weighted by Crippen LogP contribution is -2.01. The van der Waals surface area contributed by atoms with E-state index >= 15 is 0 Å². The minimum atomic E-state index is 0.869. The van der Waals surface area contributed by atoms with Crippen LogP contribution in [0.25, 0.3) is 77.7 Å². The van der Waals surface area contributed by atoms with E-state index in [2.05, 4.69) is 118 Å². The first-order valence-corrected chi connectivity index (χ1v) is 14.4. The fraction of sp³-hybridized carbons (Fsp3) is 0.0556. The fourth-order valence-electron chi connectivity index (χ4n) is 6.61. The van der Waals surface area contributed by atoms with Crippen LogP contribution in [0.5, 0.6) is 0 Å². The third-order valence-corrected chi connectivity index (χ3v) is 9.17. The molecule has 5 aromatic carbocycles. The standard InChI is InChI=1S/C36H22BrNO2/c37-36-29(38-27-12-4-1-8-23(27)24-9-2-5-13-28(24)38)17-19-33-35(36)34-22(11-7-15-32(34)40-33)21-16-18-31-26(20-21)25-10-3-6-14-30(25)39-31/h1,3-8,10-20H,2,9H2. The summed E-state index contributed by atoms with van der Waals surface area (Å²) in [4.78, 5) is 0. The molecule has 0 amide bonds. The summed E-state index contributed by atoms with van der Waals surface area (Å²) in [6.07, 6.45) is 6.69. The van der Waals surface area contributed by atoms with Crippen molar-refractivity contribution in [2.45, 2.75) is 12.8 Å². The zero-order valence-corrected chi connectivity index (χ0v) is 23.0. The van der Waals surface area contributed by atoms with Crippen LogP contribution in [0, 0.1) is 0 Å². The summed E-state index contributed by atoms with van der Waals surface area (Å²) in [7, 11) is 0. The van der Waals surface area contributed by atoms with Gasteiger partial charge in [0.05, 0.1) is 15.7 Å². The Morgan fingerprint density at radius 1 is 0.650 bits per heavy atom. The molecule has 40 heavy (non-hydrogen) atoms. The summed E-state index contributed by atoms with van der Waals surface area (Å²) in [6.45, 7) is 0. The molecule has 1 aliphatic carbocycles. The number of halogens is 1. The highest BCUT2D eigenvalue weighted by atomic mass is 79.9. The molecule has 0 fully saturated rings. The minimum absolute atomic E-state index is 0.869. The van der Waals surface area contributed by atoms with Crippen LogP contribution < -0.4 is 0 Å². The maximum atomic E-state index is 6.44. The summed E-state index contributed by atoms with van der Waals surface area (Å²) in [5.74, 6) is 0. The Labute approximate surface area is 238 Å². The Balaban J connectivity index is 1.34. The molecular formula is C36H22BrNO2. The largest absolute Gasteiger partial charge is 0.456 e. The first-order chi connectivity index (χ1) is 19.8. The number of furan rings is 2. The molecule has 0 aliphatic heterocycles. The summed E-state index contributed by atoms with van der Waals surface area (Å²) in [6, 6.07) is 34.0. The summed E-state index contributed by atoms with van der Waals surface area (Å²) in [5.41, 5.74) is 10.9. The molecule has 0 radical (unpaired) electrons. The Kier molecular flexibility index (Phi) is 4.59. The second kappa shape index (κ2) is 8.23. The third-order valence-electron chi connectivity index (χ3n) is 8.36. The van der Waals surface area contributed by atoms with Crippen LogP contribution in [-0.4, -0.2) is 4.57 Å². The van der Waals surface area contributed by atoms with Gasteiger partial charge in [0, 0.05) is 32.6 Å². The average Bonchev–Trinajstić information content (AvgIpc) is 3.67. The zero-order chi connectivity index (χ0) is 26.4. The lowest BCUT2D eigenvalue weighted by molar-refractivity contribution is 0.668. The van der Waals surface area contributed by atoms with Gasteiger partial charge in [0.1, 0.15) is 22.3 Å². The first-order valence-electron chi connectivity index (χ1n) is 13.6. The van der Waals surface area contributed by atoms with Gasteiger partial charge in [-0.2, -0.15) is 0 Å². The number of allylic oxidation sites excluding steroid dienone is 1. The fourth-order valence-corrected chi connectivity index (χ4v) is 7.31. The minimum Gasteiger partial charge on any atom is -0.456 e. The molecule has 9 rings (SSSR count). The maximum absolute atomic E-state index is 6.44. The van der Waals surface area contributed by atoms with E-state index in [1.807, 2.05) is 12.1 Å². The van der Waals surface area contributed by atoms with Gasteiger partial charge in [0.25, 0.3) is 0 Å². The summed E-state index contributed by atoms with van der Waals surface area (Å²) >= 11 is 4.07. The van der Waals surface area contributed by atoms with Gasteiger partial charge in [-0.05, 0) is 94.0 Å². The van der Waals surface area contributed by atoms with E-state index < -0.39 is 0 Å². The van der Waals surface area contributed by atoms with E-state index in [1.165, 1.54) is 22.2 Å². The highest BCUT2D eigenvalue weighted by molar-refractivity contribution is 9.10. The molecule has 190 valence electrons. The van der Waals surface area contributed by atoms with Crippen molar-refractivity contribution in [3.05, 3.63) is 119 Å². The Morgan fingerprint density at radius 3 is 2.35 bits per heavy atom. The van der Waals surface area contributed by atoms with Gasteiger partial charge >= 0.3 is 0 Å². The van der Waals surface area contributed by atoms with Crippen LogP contribution in [0.15, 0.2) is 116 Å². The lowest BCUT2D eigenvalue weighted by Gasteiger charge is -2.14. The van der Waals surface area contributed by atoms with Crippen molar-refractivity contribution in [1.29, 1.82) is 0 Å². The second-order valence-electron chi connectivity index (χ2n) is 10.5. The second-order valence-corrected chi connectivity index (χ2v) is 11.3. The Bertz CT molecular complexity index is 2350. The van der Waals surface area contributed by atoms with Crippen LogP contribution in [0.1, 0.15) is 17.7 Å². The first kappa shape index (κ1) is 22.3. The number of nitrogens with zero attached hydrogens (tertiary/aromatic N) is 1. The van der Waals surface area contributed by atoms with Crippen molar-refractivity contribution in [3.8, 4) is 16.8 Å². The number of para-hydroxylation sites is 2. The van der Waals surface area contributed by atoms with Crippen molar-refractivity contribution in [2.75, 3.05) is 0 Å². The van der Waals surface area contributed by atoms with E-state index in [-0.39, 0.29) is 0 Å². The number of benzene rings is 5. The molecular weight excluding hydrogens is 558 g/mol. The van der Waals surface area contributed by atoms with Gasteiger partial charge in [-0.3, -0.25) is 0 Å². The molecule has 3 aromatic heterocycles. The van der Waals surface area contributed by atoms with E-state index in [9.17, 15) is 0 Å². The van der Waals surface area contributed by atoms with E-state index in [0.29, 0.717) is 0 Å². The van der Waals surface area contributed by atoms with Gasteiger partial charge in [-0.15, -0.1) is 0 Å². The Morgan fingerprint density at radius 2 is 1.40 bits per heavy atom. The molecule has 0 unspecified atom stereocenters. The van der Waals surface area contributed by atoms with Crippen molar-refractivity contribution in [3.63, 3.8) is 0 Å². The van der Waals surface area contributed by atoms with Crippen LogP contribution in [0.2, 0.25) is 0 Å². The topological polar surface area (TPSA) is 31.2 Å². The number of aromatic nitrogens is 1. The van der Waals surface area contributed by atoms with E-state index in [4.69, 9.17) is 8.83 Å². The average molecular weight is 580 g/mol. The molecule has 0 N–H and O–H groups in total. The van der Waals surface area contributed by atoms with Crippen LogP contribution in [0.3, 0.4) is 0 Å². The lowest BCUT2D eigenvalue weighted by atomic mass is 9.97. The molecule has 0 saturated heterocycles. The molecule has 3 heterocycles. The molecule has 0 bridgehead atoms. The highest BCUT2D eigenvalue weighted by Gasteiger charge is 2.23. The highest BCUT2D eigenvalue weighted by Crippen LogP contribution is 2.45.